The fourth-order valence-electron chi connectivity index (χ4n) is 2.43. The number of hydrogen-bond donors (Lipinski definition) is 1. The molecule has 0 heterocycles. The van der Waals surface area contributed by atoms with Crippen molar-refractivity contribution < 1.29 is 0 Å². The van der Waals surface area contributed by atoms with Crippen LogP contribution in [0.15, 0.2) is 54.6 Å². The molecule has 20 heavy (non-hydrogen) atoms. The zero-order valence-corrected chi connectivity index (χ0v) is 12.4. The maximum Gasteiger partial charge on any atom is 0.0459 e. The van der Waals surface area contributed by atoms with Crippen molar-refractivity contribution in [1.29, 1.82) is 0 Å². The first-order chi connectivity index (χ1) is 9.74. The summed E-state index contributed by atoms with van der Waals surface area (Å²) in [7, 11) is 0. The molecule has 106 valence electrons. The van der Waals surface area contributed by atoms with E-state index >= 15 is 0 Å². The third kappa shape index (κ3) is 3.40. The average Bonchev–Trinajstić information content (AvgIpc) is 2.49. The first-order valence-electron chi connectivity index (χ1n) is 7.41. The molecule has 2 aromatic carbocycles. The molecule has 0 aliphatic carbocycles. The van der Waals surface area contributed by atoms with E-state index in [1.54, 1.807) is 0 Å². The molecule has 0 amide bonds. The van der Waals surface area contributed by atoms with Gasteiger partial charge in [0.25, 0.3) is 0 Å². The van der Waals surface area contributed by atoms with E-state index < -0.39 is 0 Å². The molecule has 2 N–H and O–H groups in total. The minimum absolute atomic E-state index is 0.0408. The van der Waals surface area contributed by atoms with Crippen LogP contribution in [0.3, 0.4) is 0 Å². The number of hydrogen-bond acceptors (Lipinski definition) is 2. The van der Waals surface area contributed by atoms with Gasteiger partial charge in [0.1, 0.15) is 0 Å². The van der Waals surface area contributed by atoms with Crippen molar-refractivity contribution in [3.63, 3.8) is 0 Å². The van der Waals surface area contributed by atoms with Gasteiger partial charge in [-0.15, -0.1) is 0 Å². The number of anilines is 2. The van der Waals surface area contributed by atoms with Crippen LogP contribution in [0.25, 0.3) is 0 Å². The number of nitrogens with zero attached hydrogens (tertiary/aromatic N) is 1. The van der Waals surface area contributed by atoms with Gasteiger partial charge >= 0.3 is 0 Å². The standard InChI is InChI=1S/C18H24N2/c1-3-4-14-20(16-10-6-5-7-11-16)18-13-9-8-12-17(18)15(2)19/h5-13,15H,3-4,14,19H2,1-2H3. The predicted octanol–water partition coefficient (Wildman–Crippen LogP) is 4.64. The van der Waals surface area contributed by atoms with Crippen molar-refractivity contribution >= 4 is 11.4 Å². The summed E-state index contributed by atoms with van der Waals surface area (Å²) in [6.45, 7) is 5.28. The van der Waals surface area contributed by atoms with Crippen molar-refractivity contribution in [2.45, 2.75) is 32.7 Å². The fourth-order valence-corrected chi connectivity index (χ4v) is 2.43. The highest BCUT2D eigenvalue weighted by molar-refractivity contribution is 5.66. The van der Waals surface area contributed by atoms with Gasteiger partial charge in [-0.1, -0.05) is 49.7 Å². The molecular weight excluding hydrogens is 244 g/mol. The van der Waals surface area contributed by atoms with Gasteiger partial charge in [0.05, 0.1) is 0 Å². The van der Waals surface area contributed by atoms with Gasteiger partial charge in [-0.2, -0.15) is 0 Å². The molecule has 1 unspecified atom stereocenters. The van der Waals surface area contributed by atoms with Crippen molar-refractivity contribution in [3.05, 3.63) is 60.2 Å². The van der Waals surface area contributed by atoms with Gasteiger partial charge in [-0.05, 0) is 37.1 Å². The Morgan fingerprint density at radius 3 is 2.30 bits per heavy atom. The zero-order chi connectivity index (χ0) is 14.4. The third-order valence-electron chi connectivity index (χ3n) is 3.52. The summed E-state index contributed by atoms with van der Waals surface area (Å²) < 4.78 is 0. The van der Waals surface area contributed by atoms with Gasteiger partial charge in [0.15, 0.2) is 0 Å². The van der Waals surface area contributed by atoms with Gasteiger partial charge in [0, 0.05) is 24.0 Å². The maximum atomic E-state index is 6.13. The highest BCUT2D eigenvalue weighted by atomic mass is 15.1. The molecule has 0 aliphatic heterocycles. The molecule has 2 rings (SSSR count). The van der Waals surface area contributed by atoms with Crippen LogP contribution in [0.2, 0.25) is 0 Å². The molecule has 2 aromatic rings. The lowest BCUT2D eigenvalue weighted by Gasteiger charge is -2.28. The zero-order valence-electron chi connectivity index (χ0n) is 12.4. The van der Waals surface area contributed by atoms with Crippen molar-refractivity contribution in [3.8, 4) is 0 Å². The largest absolute Gasteiger partial charge is 0.341 e. The summed E-state index contributed by atoms with van der Waals surface area (Å²) in [5.74, 6) is 0. The predicted molar refractivity (Wildman–Crippen MR) is 87.4 cm³/mol. The number of nitrogens with two attached hydrogens (primary N) is 1. The molecule has 0 spiro atoms. The minimum Gasteiger partial charge on any atom is -0.341 e. The molecule has 0 bridgehead atoms. The Balaban J connectivity index is 2.41. The first-order valence-corrected chi connectivity index (χ1v) is 7.41. The molecule has 0 saturated heterocycles. The van der Waals surface area contributed by atoms with Crippen LogP contribution >= 0.6 is 0 Å². The normalized spacial score (nSPS) is 12.2. The number of benzene rings is 2. The summed E-state index contributed by atoms with van der Waals surface area (Å²) in [5, 5.41) is 0. The monoisotopic (exact) mass is 268 g/mol. The Labute approximate surface area is 122 Å². The molecule has 0 aromatic heterocycles. The SMILES string of the molecule is CCCCN(c1ccccc1)c1ccccc1C(C)N. The second-order valence-electron chi connectivity index (χ2n) is 5.19. The second kappa shape index (κ2) is 7.11. The lowest BCUT2D eigenvalue weighted by Crippen LogP contribution is -2.21. The van der Waals surface area contributed by atoms with E-state index in [1.807, 2.05) is 6.92 Å². The number of rotatable bonds is 6. The summed E-state index contributed by atoms with van der Waals surface area (Å²) in [6.07, 6.45) is 2.35. The summed E-state index contributed by atoms with van der Waals surface area (Å²) in [6, 6.07) is 19.0. The molecule has 2 nitrogen and oxygen atoms in total. The van der Waals surface area contributed by atoms with E-state index in [0.717, 1.165) is 6.54 Å². The molecule has 0 saturated carbocycles. The van der Waals surface area contributed by atoms with Crippen molar-refractivity contribution in [1.82, 2.24) is 0 Å². The first kappa shape index (κ1) is 14.6. The average molecular weight is 268 g/mol. The maximum absolute atomic E-state index is 6.13. The quantitative estimate of drug-likeness (QED) is 0.826. The second-order valence-corrected chi connectivity index (χ2v) is 5.19. The molecule has 0 fully saturated rings. The molecule has 1 atom stereocenters. The number of para-hydroxylation sites is 2. The van der Waals surface area contributed by atoms with Crippen molar-refractivity contribution in [2.24, 2.45) is 5.73 Å². The summed E-state index contributed by atoms with van der Waals surface area (Å²) in [4.78, 5) is 2.38. The Morgan fingerprint density at radius 2 is 1.65 bits per heavy atom. The highest BCUT2D eigenvalue weighted by Crippen LogP contribution is 2.31. The topological polar surface area (TPSA) is 29.3 Å². The van der Waals surface area contributed by atoms with E-state index in [9.17, 15) is 0 Å². The fraction of sp³-hybridized carbons (Fsp3) is 0.333. The Morgan fingerprint density at radius 1 is 1.00 bits per heavy atom. The Kier molecular flexibility index (Phi) is 5.19. The third-order valence-corrected chi connectivity index (χ3v) is 3.52. The van der Waals surface area contributed by atoms with Crippen LogP contribution in [-0.2, 0) is 0 Å². The van der Waals surface area contributed by atoms with Gasteiger partial charge < -0.3 is 10.6 Å². The van der Waals surface area contributed by atoms with Crippen LogP contribution in [0.5, 0.6) is 0 Å². The van der Waals surface area contributed by atoms with E-state index in [2.05, 4.69) is 66.4 Å². The van der Waals surface area contributed by atoms with E-state index in [1.165, 1.54) is 29.8 Å². The smallest absolute Gasteiger partial charge is 0.0459 e. The van der Waals surface area contributed by atoms with Crippen LogP contribution < -0.4 is 10.6 Å². The molecule has 0 aliphatic rings. The van der Waals surface area contributed by atoms with E-state index in [0.29, 0.717) is 0 Å². The molecular formula is C18H24N2. The Bertz CT molecular complexity index is 520. The lowest BCUT2D eigenvalue weighted by atomic mass is 10.0. The minimum atomic E-state index is 0.0408. The summed E-state index contributed by atoms with van der Waals surface area (Å²) >= 11 is 0. The van der Waals surface area contributed by atoms with Crippen molar-refractivity contribution in [2.75, 3.05) is 11.4 Å². The number of unbranched alkanes of at least 4 members (excludes halogenated alkanes) is 1. The van der Waals surface area contributed by atoms with E-state index in [-0.39, 0.29) is 6.04 Å². The van der Waals surface area contributed by atoms with Crippen LogP contribution in [0.4, 0.5) is 11.4 Å². The lowest BCUT2D eigenvalue weighted by molar-refractivity contribution is 0.768. The van der Waals surface area contributed by atoms with E-state index in [4.69, 9.17) is 5.73 Å². The Hall–Kier alpha value is -1.80. The highest BCUT2D eigenvalue weighted by Gasteiger charge is 2.14. The molecule has 0 radical (unpaired) electrons. The van der Waals surface area contributed by atoms with Crippen LogP contribution in [0.1, 0.15) is 38.3 Å². The summed E-state index contributed by atoms with van der Waals surface area (Å²) in [5.41, 5.74) is 9.79. The van der Waals surface area contributed by atoms with Gasteiger partial charge in [-0.3, -0.25) is 0 Å². The van der Waals surface area contributed by atoms with Crippen LogP contribution in [-0.4, -0.2) is 6.54 Å². The molecule has 2 heteroatoms. The van der Waals surface area contributed by atoms with Gasteiger partial charge in [-0.25, -0.2) is 0 Å². The van der Waals surface area contributed by atoms with Crippen LogP contribution in [0, 0.1) is 0 Å². The van der Waals surface area contributed by atoms with Gasteiger partial charge in [0.2, 0.25) is 0 Å².